The van der Waals surface area contributed by atoms with Gasteiger partial charge >= 0.3 is 0 Å². The quantitative estimate of drug-likeness (QED) is 0.622. The fraction of sp³-hybridized carbons (Fsp3) is 0.136. The molecule has 0 atom stereocenters. The molecular weight excluding hydrogens is 418 g/mol. The Morgan fingerprint density at radius 1 is 1.10 bits per heavy atom. The van der Waals surface area contributed by atoms with Crippen molar-refractivity contribution in [3.05, 3.63) is 64.0 Å². The highest BCUT2D eigenvalue weighted by atomic mass is 32.1. The summed E-state index contributed by atoms with van der Waals surface area (Å²) in [5.74, 6) is 0.741. The highest BCUT2D eigenvalue weighted by Gasteiger charge is 2.23. The van der Waals surface area contributed by atoms with E-state index in [4.69, 9.17) is 14.2 Å². The summed E-state index contributed by atoms with van der Waals surface area (Å²) in [6.07, 6.45) is 0. The number of rotatable bonds is 5. The third-order valence-electron chi connectivity index (χ3n) is 4.68. The molecule has 2 amide bonds. The zero-order chi connectivity index (χ0) is 22.0. The smallest absolute Gasteiger partial charge is 0.266 e. The first kappa shape index (κ1) is 20.3. The molecule has 8 nitrogen and oxygen atoms in total. The summed E-state index contributed by atoms with van der Waals surface area (Å²) >= 11 is 1.04. The van der Waals surface area contributed by atoms with E-state index in [0.29, 0.717) is 43.9 Å². The fourth-order valence-electron chi connectivity index (χ4n) is 3.09. The summed E-state index contributed by atoms with van der Waals surface area (Å²) in [7, 11) is 1.51. The molecular formula is C22H17N3O5S. The minimum absolute atomic E-state index is 0.105. The summed E-state index contributed by atoms with van der Waals surface area (Å²) in [5, 5.41) is 15.4. The Kier molecular flexibility index (Phi) is 5.47. The third-order valence-corrected chi connectivity index (χ3v) is 5.89. The number of ether oxygens (including phenoxy) is 3. The molecule has 0 aliphatic carbocycles. The fourth-order valence-corrected chi connectivity index (χ4v) is 4.14. The molecule has 31 heavy (non-hydrogen) atoms. The summed E-state index contributed by atoms with van der Waals surface area (Å²) in [6.45, 7) is 1.77. The third kappa shape index (κ3) is 3.89. The van der Waals surface area contributed by atoms with Crippen LogP contribution in [0.3, 0.4) is 0 Å². The van der Waals surface area contributed by atoms with Crippen LogP contribution in [0.5, 0.6) is 17.2 Å². The first-order chi connectivity index (χ1) is 15.0. The van der Waals surface area contributed by atoms with Gasteiger partial charge in [0.25, 0.3) is 11.8 Å². The van der Waals surface area contributed by atoms with Crippen molar-refractivity contribution in [1.29, 1.82) is 5.26 Å². The van der Waals surface area contributed by atoms with E-state index in [1.807, 2.05) is 0 Å². The van der Waals surface area contributed by atoms with E-state index in [9.17, 15) is 14.9 Å². The van der Waals surface area contributed by atoms with Crippen LogP contribution >= 0.6 is 11.3 Å². The molecule has 156 valence electrons. The highest BCUT2D eigenvalue weighted by molar-refractivity contribution is 7.18. The van der Waals surface area contributed by atoms with Gasteiger partial charge in [0.2, 0.25) is 6.79 Å². The van der Waals surface area contributed by atoms with Gasteiger partial charge in [-0.2, -0.15) is 5.26 Å². The molecule has 0 saturated carbocycles. The maximum absolute atomic E-state index is 12.9. The number of benzene rings is 2. The lowest BCUT2D eigenvalue weighted by atomic mass is 10.1. The van der Waals surface area contributed by atoms with Crippen molar-refractivity contribution in [2.75, 3.05) is 24.5 Å². The number of hydrogen-bond acceptors (Lipinski definition) is 7. The predicted molar refractivity (Wildman–Crippen MR) is 115 cm³/mol. The number of nitrogens with zero attached hydrogens (tertiary/aromatic N) is 1. The zero-order valence-corrected chi connectivity index (χ0v) is 17.5. The maximum atomic E-state index is 12.9. The van der Waals surface area contributed by atoms with Crippen LogP contribution in [0.15, 0.2) is 42.5 Å². The van der Waals surface area contributed by atoms with E-state index in [0.717, 1.165) is 11.3 Å². The van der Waals surface area contributed by atoms with Crippen LogP contribution in [0.2, 0.25) is 0 Å². The lowest BCUT2D eigenvalue weighted by Crippen LogP contribution is -2.12. The average Bonchev–Trinajstić information content (AvgIpc) is 3.37. The van der Waals surface area contributed by atoms with Crippen LogP contribution in [0.4, 0.5) is 10.7 Å². The minimum atomic E-state index is -0.423. The van der Waals surface area contributed by atoms with Crippen LogP contribution in [-0.2, 0) is 0 Å². The summed E-state index contributed by atoms with van der Waals surface area (Å²) in [5.41, 5.74) is 1.58. The Balaban J connectivity index is 1.58. The molecule has 4 rings (SSSR count). The SMILES string of the molecule is COc1ccccc1NC(=O)c1sc(NC(=O)c2ccc3c(c2)OCO3)c(C#N)c1C. The van der Waals surface area contributed by atoms with Gasteiger partial charge in [0, 0.05) is 5.56 Å². The molecule has 3 aromatic rings. The Morgan fingerprint density at radius 3 is 2.65 bits per heavy atom. The number of hydrogen-bond donors (Lipinski definition) is 2. The molecule has 1 aliphatic heterocycles. The van der Waals surface area contributed by atoms with Crippen molar-refractivity contribution in [1.82, 2.24) is 0 Å². The van der Waals surface area contributed by atoms with E-state index in [1.54, 1.807) is 49.4 Å². The Labute approximate surface area is 182 Å². The van der Waals surface area contributed by atoms with E-state index >= 15 is 0 Å². The van der Waals surface area contributed by atoms with E-state index in [1.165, 1.54) is 7.11 Å². The summed E-state index contributed by atoms with van der Waals surface area (Å²) in [4.78, 5) is 25.9. The largest absolute Gasteiger partial charge is 0.495 e. The lowest BCUT2D eigenvalue weighted by Gasteiger charge is -2.09. The Morgan fingerprint density at radius 2 is 1.87 bits per heavy atom. The minimum Gasteiger partial charge on any atom is -0.495 e. The van der Waals surface area contributed by atoms with Crippen molar-refractivity contribution in [3.8, 4) is 23.3 Å². The molecule has 0 unspecified atom stereocenters. The number of methoxy groups -OCH3 is 1. The van der Waals surface area contributed by atoms with Crippen molar-refractivity contribution in [3.63, 3.8) is 0 Å². The molecule has 0 radical (unpaired) electrons. The Bertz CT molecular complexity index is 1230. The molecule has 1 aromatic heterocycles. The molecule has 2 N–H and O–H groups in total. The first-order valence-electron chi connectivity index (χ1n) is 9.20. The van der Waals surface area contributed by atoms with Gasteiger partial charge in [0.1, 0.15) is 16.8 Å². The molecule has 0 spiro atoms. The standard InChI is InChI=1S/C22H17N3O5S/c1-12-14(10-23)22(25-20(26)13-7-8-17-18(9-13)30-11-29-17)31-19(12)21(27)24-15-5-3-4-6-16(15)28-2/h3-9H,11H2,1-2H3,(H,24,27)(H,25,26). The molecule has 2 heterocycles. The molecule has 0 bridgehead atoms. The first-order valence-corrected chi connectivity index (χ1v) is 10.0. The van der Waals surface area contributed by atoms with Crippen LogP contribution in [-0.4, -0.2) is 25.7 Å². The number of amides is 2. The second kappa shape index (κ2) is 8.38. The van der Waals surface area contributed by atoms with Gasteiger partial charge in [-0.25, -0.2) is 0 Å². The molecule has 9 heteroatoms. The number of fused-ring (bicyclic) bond motifs is 1. The van der Waals surface area contributed by atoms with Crippen LogP contribution < -0.4 is 24.8 Å². The Hall–Kier alpha value is -4.03. The summed E-state index contributed by atoms with van der Waals surface area (Å²) in [6, 6.07) is 13.9. The number of anilines is 2. The molecule has 0 fully saturated rings. The number of carbonyl (C=O) groups is 2. The van der Waals surface area contributed by atoms with Gasteiger partial charge in [0.15, 0.2) is 11.5 Å². The number of nitrogens with one attached hydrogen (secondary N) is 2. The maximum Gasteiger partial charge on any atom is 0.266 e. The molecule has 0 saturated heterocycles. The van der Waals surface area contributed by atoms with Gasteiger partial charge in [-0.1, -0.05) is 12.1 Å². The van der Waals surface area contributed by atoms with Gasteiger partial charge in [-0.15, -0.1) is 11.3 Å². The number of thiophene rings is 1. The van der Waals surface area contributed by atoms with Crippen molar-refractivity contribution in [2.24, 2.45) is 0 Å². The van der Waals surface area contributed by atoms with Gasteiger partial charge in [-0.05, 0) is 42.8 Å². The summed E-state index contributed by atoms with van der Waals surface area (Å²) < 4.78 is 15.8. The predicted octanol–water partition coefficient (Wildman–Crippen LogP) is 4.17. The van der Waals surface area contributed by atoms with E-state index in [2.05, 4.69) is 16.7 Å². The number of para-hydroxylation sites is 2. The zero-order valence-electron chi connectivity index (χ0n) is 16.6. The highest BCUT2D eigenvalue weighted by Crippen LogP contribution is 2.36. The second-order valence-corrected chi connectivity index (χ2v) is 7.57. The van der Waals surface area contributed by atoms with Crippen molar-refractivity contribution < 1.29 is 23.8 Å². The molecule has 1 aliphatic rings. The number of carbonyl (C=O) groups excluding carboxylic acids is 2. The van der Waals surface area contributed by atoms with Crippen LogP contribution in [0, 0.1) is 18.3 Å². The second-order valence-electron chi connectivity index (χ2n) is 6.55. The number of nitriles is 1. The van der Waals surface area contributed by atoms with Crippen molar-refractivity contribution in [2.45, 2.75) is 6.92 Å². The van der Waals surface area contributed by atoms with Crippen molar-refractivity contribution >= 4 is 33.8 Å². The van der Waals surface area contributed by atoms with Crippen LogP contribution in [0.1, 0.15) is 31.2 Å². The van der Waals surface area contributed by atoms with E-state index < -0.39 is 11.8 Å². The topological polar surface area (TPSA) is 110 Å². The average molecular weight is 435 g/mol. The normalized spacial score (nSPS) is 11.5. The monoisotopic (exact) mass is 435 g/mol. The van der Waals surface area contributed by atoms with Crippen LogP contribution in [0.25, 0.3) is 0 Å². The van der Waals surface area contributed by atoms with Gasteiger partial charge in [-0.3, -0.25) is 9.59 Å². The van der Waals surface area contributed by atoms with Gasteiger partial charge in [0.05, 0.1) is 23.2 Å². The lowest BCUT2D eigenvalue weighted by molar-refractivity contribution is 0.101. The van der Waals surface area contributed by atoms with E-state index in [-0.39, 0.29) is 12.4 Å². The van der Waals surface area contributed by atoms with Gasteiger partial charge < -0.3 is 24.8 Å². The molecule has 2 aromatic carbocycles.